The van der Waals surface area contributed by atoms with Crippen LogP contribution in [0.25, 0.3) is 0 Å². The zero-order chi connectivity index (χ0) is 16.3. The van der Waals surface area contributed by atoms with Crippen molar-refractivity contribution in [1.82, 2.24) is 4.90 Å². The first-order valence-corrected chi connectivity index (χ1v) is 9.40. The summed E-state index contributed by atoms with van der Waals surface area (Å²) >= 11 is 0. The van der Waals surface area contributed by atoms with Gasteiger partial charge in [-0.15, -0.1) is 0 Å². The summed E-state index contributed by atoms with van der Waals surface area (Å²) in [6.07, 6.45) is -1.52. The molecule has 1 aliphatic rings. The Morgan fingerprint density at radius 1 is 1.36 bits per heavy atom. The summed E-state index contributed by atoms with van der Waals surface area (Å²) in [5.74, 6) is -0.532. The summed E-state index contributed by atoms with van der Waals surface area (Å²) in [5, 5.41) is 0. The van der Waals surface area contributed by atoms with E-state index in [2.05, 4.69) is 0 Å². The lowest BCUT2D eigenvalue weighted by Crippen LogP contribution is -2.39. The van der Waals surface area contributed by atoms with Gasteiger partial charge in [0, 0.05) is 6.66 Å². The topological polar surface area (TPSA) is 72.9 Å². The van der Waals surface area contributed by atoms with Crippen molar-refractivity contribution in [3.63, 3.8) is 0 Å². The van der Waals surface area contributed by atoms with Crippen LogP contribution in [-0.4, -0.2) is 42.4 Å². The number of ether oxygens (including phenoxy) is 1. The fourth-order valence-electron chi connectivity index (χ4n) is 2.52. The van der Waals surface area contributed by atoms with Gasteiger partial charge >= 0.3 is 6.09 Å². The molecule has 2 rings (SSSR count). The number of hydrogen-bond donors (Lipinski definition) is 0. The maximum Gasteiger partial charge on any atom is 0.417 e. The third kappa shape index (κ3) is 3.57. The van der Waals surface area contributed by atoms with Gasteiger partial charge in [-0.05, 0) is 19.4 Å². The molecule has 22 heavy (non-hydrogen) atoms. The van der Waals surface area contributed by atoms with Gasteiger partial charge in [0.15, 0.2) is 0 Å². The Labute approximate surface area is 129 Å². The lowest BCUT2D eigenvalue weighted by atomic mass is 10.0. The molecule has 0 aliphatic carbocycles. The van der Waals surface area contributed by atoms with Crippen molar-refractivity contribution in [2.45, 2.75) is 26.0 Å². The molecule has 3 atom stereocenters. The number of cyclic esters (lactones) is 1. The Morgan fingerprint density at radius 2 is 2.00 bits per heavy atom. The summed E-state index contributed by atoms with van der Waals surface area (Å²) in [5.41, 5.74) is 0.822. The van der Waals surface area contributed by atoms with Gasteiger partial charge in [-0.2, -0.15) is 0 Å². The van der Waals surface area contributed by atoms with Crippen LogP contribution in [0.2, 0.25) is 0 Å². The number of rotatable bonds is 5. The van der Waals surface area contributed by atoms with E-state index >= 15 is 0 Å². The van der Waals surface area contributed by atoms with Crippen molar-refractivity contribution in [1.29, 1.82) is 0 Å². The first-order valence-electron chi connectivity index (χ1n) is 7.14. The summed E-state index contributed by atoms with van der Waals surface area (Å²) < 4.78 is 22.5. The van der Waals surface area contributed by atoms with E-state index < -0.39 is 31.5 Å². The number of imide groups is 1. The molecule has 1 heterocycles. The van der Waals surface area contributed by atoms with E-state index in [1.54, 1.807) is 13.8 Å². The normalized spacial score (nSPS) is 24.0. The molecule has 0 aromatic heterocycles. The van der Waals surface area contributed by atoms with Crippen molar-refractivity contribution in [2.75, 3.05) is 19.4 Å². The number of hydrogen-bond acceptors (Lipinski definition) is 5. The maximum atomic E-state index is 12.3. The Hall–Kier alpha value is -1.65. The number of amides is 2. The van der Waals surface area contributed by atoms with E-state index in [9.17, 15) is 14.2 Å². The van der Waals surface area contributed by atoms with E-state index in [-0.39, 0.29) is 12.8 Å². The highest BCUT2D eigenvalue weighted by atomic mass is 31.2. The molecule has 1 aromatic carbocycles. The summed E-state index contributed by atoms with van der Waals surface area (Å²) in [4.78, 5) is 25.3. The fourth-order valence-corrected chi connectivity index (χ4v) is 3.81. The van der Waals surface area contributed by atoms with Crippen LogP contribution >= 0.6 is 7.37 Å². The van der Waals surface area contributed by atoms with E-state index in [1.807, 2.05) is 30.3 Å². The third-order valence-corrected chi connectivity index (χ3v) is 5.14. The van der Waals surface area contributed by atoms with E-state index in [1.165, 1.54) is 6.66 Å². The molecule has 7 heteroatoms. The first kappa shape index (κ1) is 16.7. The van der Waals surface area contributed by atoms with Crippen LogP contribution in [-0.2, 0) is 18.6 Å². The molecule has 6 nitrogen and oxygen atoms in total. The van der Waals surface area contributed by atoms with Gasteiger partial charge in [-0.25, -0.2) is 9.69 Å². The van der Waals surface area contributed by atoms with Crippen molar-refractivity contribution in [3.05, 3.63) is 35.9 Å². The SMILES string of the molecule is CCOP(C)(=O)CC(=O)N1C(=O)O[C@@H](c2ccccc2)[C@H]1C. The average molecular weight is 325 g/mol. The highest BCUT2D eigenvalue weighted by Gasteiger charge is 2.44. The molecular formula is C15H20NO5P. The Kier molecular flexibility index (Phi) is 5.04. The average Bonchev–Trinajstić information content (AvgIpc) is 2.74. The van der Waals surface area contributed by atoms with Crippen LogP contribution in [0.5, 0.6) is 0 Å². The number of carbonyl (C=O) groups excluding carboxylic acids is 2. The molecule has 0 saturated carbocycles. The van der Waals surface area contributed by atoms with Crippen molar-refractivity contribution in [2.24, 2.45) is 0 Å². The smallest absolute Gasteiger partial charge is 0.417 e. The van der Waals surface area contributed by atoms with Crippen molar-refractivity contribution < 1.29 is 23.4 Å². The van der Waals surface area contributed by atoms with Gasteiger partial charge in [0.2, 0.25) is 13.3 Å². The van der Waals surface area contributed by atoms with Crippen LogP contribution in [0, 0.1) is 0 Å². The lowest BCUT2D eigenvalue weighted by Gasteiger charge is -2.21. The molecule has 1 aromatic rings. The van der Waals surface area contributed by atoms with Crippen LogP contribution in [0.1, 0.15) is 25.5 Å². The molecule has 0 radical (unpaired) electrons. The minimum Gasteiger partial charge on any atom is -0.439 e. The summed E-state index contributed by atoms with van der Waals surface area (Å²) in [6.45, 7) is 5.10. The molecule has 2 amide bonds. The fraction of sp³-hybridized carbons (Fsp3) is 0.467. The van der Waals surface area contributed by atoms with E-state index in [0.717, 1.165) is 10.5 Å². The molecule has 1 aliphatic heterocycles. The summed E-state index contributed by atoms with van der Waals surface area (Å²) in [7, 11) is -3.04. The quantitative estimate of drug-likeness (QED) is 0.778. The molecular weight excluding hydrogens is 305 g/mol. The third-order valence-electron chi connectivity index (χ3n) is 3.49. The molecule has 0 bridgehead atoms. The molecule has 1 fully saturated rings. The van der Waals surface area contributed by atoms with E-state index in [0.29, 0.717) is 0 Å². The van der Waals surface area contributed by atoms with Crippen LogP contribution in [0.15, 0.2) is 30.3 Å². The Morgan fingerprint density at radius 3 is 2.59 bits per heavy atom. The van der Waals surface area contributed by atoms with Gasteiger partial charge in [0.1, 0.15) is 12.3 Å². The zero-order valence-electron chi connectivity index (χ0n) is 12.9. The number of carbonyl (C=O) groups is 2. The minimum absolute atomic E-state index is 0.258. The van der Waals surface area contributed by atoms with E-state index in [4.69, 9.17) is 9.26 Å². The second kappa shape index (κ2) is 6.63. The van der Waals surface area contributed by atoms with Crippen LogP contribution in [0.4, 0.5) is 4.79 Å². The van der Waals surface area contributed by atoms with Crippen LogP contribution in [0.3, 0.4) is 0 Å². The zero-order valence-corrected chi connectivity index (χ0v) is 13.8. The second-order valence-corrected chi connectivity index (χ2v) is 7.91. The van der Waals surface area contributed by atoms with Crippen molar-refractivity contribution >= 4 is 19.4 Å². The van der Waals surface area contributed by atoms with Gasteiger partial charge < -0.3 is 9.26 Å². The standard InChI is InChI=1S/C15H20NO5P/c1-4-20-22(3,19)10-13(17)16-11(2)14(21-15(16)18)12-8-6-5-7-9-12/h5-9,11,14H,4,10H2,1-3H3/t11-,14-,22?/m1/s1. The van der Waals surface area contributed by atoms with Gasteiger partial charge in [-0.3, -0.25) is 9.36 Å². The largest absolute Gasteiger partial charge is 0.439 e. The maximum absolute atomic E-state index is 12.3. The first-order chi connectivity index (χ1) is 10.4. The molecule has 1 unspecified atom stereocenters. The van der Waals surface area contributed by atoms with Gasteiger partial charge in [-0.1, -0.05) is 30.3 Å². The lowest BCUT2D eigenvalue weighted by molar-refractivity contribution is -0.126. The minimum atomic E-state index is -3.04. The molecule has 0 N–H and O–H groups in total. The highest BCUT2D eigenvalue weighted by molar-refractivity contribution is 7.59. The monoisotopic (exact) mass is 325 g/mol. The Bertz CT molecular complexity index is 603. The van der Waals surface area contributed by atoms with Gasteiger partial charge in [0.25, 0.3) is 0 Å². The van der Waals surface area contributed by atoms with Gasteiger partial charge in [0.05, 0.1) is 12.6 Å². The number of nitrogens with zero attached hydrogens (tertiary/aromatic N) is 1. The highest BCUT2D eigenvalue weighted by Crippen LogP contribution is 2.43. The summed E-state index contributed by atoms with van der Waals surface area (Å²) in [6, 6.07) is 8.78. The number of benzene rings is 1. The molecule has 120 valence electrons. The predicted octanol–water partition coefficient (Wildman–Crippen LogP) is 3.04. The van der Waals surface area contributed by atoms with Crippen LogP contribution < -0.4 is 0 Å². The second-order valence-electron chi connectivity index (χ2n) is 5.31. The molecule has 0 spiro atoms. The predicted molar refractivity (Wildman–Crippen MR) is 82.0 cm³/mol. The molecule has 1 saturated heterocycles. The Balaban J connectivity index is 2.14. The van der Waals surface area contributed by atoms with Crippen molar-refractivity contribution in [3.8, 4) is 0 Å².